The summed E-state index contributed by atoms with van der Waals surface area (Å²) in [5.74, 6) is 0. The van der Waals surface area contributed by atoms with Gasteiger partial charge in [0.05, 0.1) is 0 Å². The van der Waals surface area contributed by atoms with Crippen molar-refractivity contribution in [3.8, 4) is 0 Å². The summed E-state index contributed by atoms with van der Waals surface area (Å²) in [6.07, 6.45) is 2.98. The number of fused-ring (bicyclic) bond motifs is 1. The second kappa shape index (κ2) is 4.20. The molecule has 1 atom stereocenters. The van der Waals surface area contributed by atoms with Crippen molar-refractivity contribution in [3.63, 3.8) is 0 Å². The molecule has 2 rings (SSSR count). The Labute approximate surface area is 88.9 Å². The van der Waals surface area contributed by atoms with Crippen LogP contribution in [0.25, 0.3) is 0 Å². The fourth-order valence-electron chi connectivity index (χ4n) is 1.90. The number of anilines is 1. The molecule has 1 aromatic rings. The van der Waals surface area contributed by atoms with Crippen LogP contribution in [0.15, 0.2) is 18.2 Å². The molecule has 2 N–H and O–H groups in total. The summed E-state index contributed by atoms with van der Waals surface area (Å²) in [6.45, 7) is 0.244. The Hall–Kier alpha value is -0.730. The molecule has 0 saturated carbocycles. The van der Waals surface area contributed by atoms with Crippen LogP contribution in [0.1, 0.15) is 18.4 Å². The number of nitrogens with one attached hydrogen (secondary N) is 1. The van der Waals surface area contributed by atoms with Gasteiger partial charge in [-0.1, -0.05) is 17.7 Å². The number of aryl methyl sites for hydroxylation is 1. The quantitative estimate of drug-likeness (QED) is 0.788. The fraction of sp³-hybridized carbons (Fsp3) is 0.455. The standard InChI is InChI=1S/C11H14ClNO/c12-9-3-1-8-2-4-10(5-6-14)13-11(8)7-9/h1,3,7,10,13-14H,2,4-6H2. The highest BCUT2D eigenvalue weighted by molar-refractivity contribution is 6.30. The van der Waals surface area contributed by atoms with Crippen molar-refractivity contribution in [2.45, 2.75) is 25.3 Å². The maximum atomic E-state index is 8.86. The molecule has 0 radical (unpaired) electrons. The van der Waals surface area contributed by atoms with E-state index >= 15 is 0 Å². The SMILES string of the molecule is OCCC1CCc2ccc(Cl)cc2N1. The second-order valence-electron chi connectivity index (χ2n) is 3.69. The molecular formula is C11H14ClNO. The molecule has 1 aliphatic heterocycles. The Kier molecular flexibility index (Phi) is 2.94. The van der Waals surface area contributed by atoms with Crippen molar-refractivity contribution in [1.82, 2.24) is 0 Å². The van der Waals surface area contributed by atoms with Crippen LogP contribution in [0.5, 0.6) is 0 Å². The number of hydrogen-bond acceptors (Lipinski definition) is 2. The van der Waals surface area contributed by atoms with Crippen LogP contribution in [-0.4, -0.2) is 17.8 Å². The Morgan fingerprint density at radius 3 is 3.14 bits per heavy atom. The van der Waals surface area contributed by atoms with Crippen LogP contribution < -0.4 is 5.32 Å². The molecule has 0 aromatic heterocycles. The molecule has 0 fully saturated rings. The maximum absolute atomic E-state index is 8.86. The highest BCUT2D eigenvalue weighted by Gasteiger charge is 2.16. The molecule has 1 unspecified atom stereocenters. The minimum absolute atomic E-state index is 0.244. The van der Waals surface area contributed by atoms with Crippen molar-refractivity contribution in [2.75, 3.05) is 11.9 Å². The second-order valence-corrected chi connectivity index (χ2v) is 4.13. The fourth-order valence-corrected chi connectivity index (χ4v) is 2.07. The third-order valence-electron chi connectivity index (χ3n) is 2.67. The van der Waals surface area contributed by atoms with E-state index in [-0.39, 0.29) is 6.61 Å². The van der Waals surface area contributed by atoms with E-state index in [1.165, 1.54) is 5.56 Å². The molecule has 0 spiro atoms. The molecule has 0 amide bonds. The van der Waals surface area contributed by atoms with Gasteiger partial charge in [0.1, 0.15) is 0 Å². The predicted octanol–water partition coefficient (Wildman–Crippen LogP) is 2.45. The van der Waals surface area contributed by atoms with Crippen LogP contribution >= 0.6 is 11.6 Å². The number of benzene rings is 1. The Bertz CT molecular complexity index is 327. The van der Waals surface area contributed by atoms with Gasteiger partial charge in [-0.05, 0) is 37.0 Å². The summed E-state index contributed by atoms with van der Waals surface area (Å²) < 4.78 is 0. The largest absolute Gasteiger partial charge is 0.396 e. The van der Waals surface area contributed by atoms with Gasteiger partial charge in [-0.15, -0.1) is 0 Å². The van der Waals surface area contributed by atoms with Gasteiger partial charge < -0.3 is 10.4 Å². The highest BCUT2D eigenvalue weighted by atomic mass is 35.5. The zero-order chi connectivity index (χ0) is 9.97. The van der Waals surface area contributed by atoms with Gasteiger partial charge in [0.15, 0.2) is 0 Å². The van der Waals surface area contributed by atoms with E-state index in [9.17, 15) is 0 Å². The predicted molar refractivity (Wildman–Crippen MR) is 58.9 cm³/mol. The van der Waals surface area contributed by atoms with Crippen molar-refractivity contribution in [3.05, 3.63) is 28.8 Å². The summed E-state index contributed by atoms with van der Waals surface area (Å²) in [4.78, 5) is 0. The summed E-state index contributed by atoms with van der Waals surface area (Å²) in [6, 6.07) is 6.35. The van der Waals surface area contributed by atoms with Gasteiger partial charge in [-0.2, -0.15) is 0 Å². The number of aliphatic hydroxyl groups excluding tert-OH is 1. The monoisotopic (exact) mass is 211 g/mol. The van der Waals surface area contributed by atoms with Crippen molar-refractivity contribution in [2.24, 2.45) is 0 Å². The van der Waals surface area contributed by atoms with E-state index in [2.05, 4.69) is 11.4 Å². The van der Waals surface area contributed by atoms with E-state index in [0.29, 0.717) is 6.04 Å². The molecule has 0 aliphatic carbocycles. The molecule has 1 heterocycles. The van der Waals surface area contributed by atoms with E-state index in [1.54, 1.807) is 0 Å². The first-order chi connectivity index (χ1) is 6.79. The lowest BCUT2D eigenvalue weighted by molar-refractivity contribution is 0.276. The van der Waals surface area contributed by atoms with E-state index in [0.717, 1.165) is 30.0 Å². The Morgan fingerprint density at radius 2 is 2.36 bits per heavy atom. The minimum atomic E-state index is 0.244. The molecule has 1 aromatic carbocycles. The van der Waals surface area contributed by atoms with Crippen LogP contribution in [0.2, 0.25) is 5.02 Å². The first-order valence-electron chi connectivity index (χ1n) is 4.95. The lowest BCUT2D eigenvalue weighted by Gasteiger charge is -2.26. The zero-order valence-electron chi connectivity index (χ0n) is 7.96. The van der Waals surface area contributed by atoms with Crippen LogP contribution in [0.3, 0.4) is 0 Å². The van der Waals surface area contributed by atoms with Crippen LogP contribution in [0.4, 0.5) is 5.69 Å². The molecule has 0 bridgehead atoms. The molecular weight excluding hydrogens is 198 g/mol. The van der Waals surface area contributed by atoms with E-state index in [4.69, 9.17) is 16.7 Å². The van der Waals surface area contributed by atoms with Crippen molar-refractivity contribution in [1.29, 1.82) is 0 Å². The maximum Gasteiger partial charge on any atom is 0.0450 e. The van der Waals surface area contributed by atoms with E-state index < -0.39 is 0 Å². The molecule has 14 heavy (non-hydrogen) atoms. The molecule has 0 saturated heterocycles. The number of aliphatic hydroxyl groups is 1. The van der Waals surface area contributed by atoms with Crippen molar-refractivity contribution < 1.29 is 5.11 Å². The zero-order valence-corrected chi connectivity index (χ0v) is 8.72. The first kappa shape index (κ1) is 9.81. The van der Waals surface area contributed by atoms with Gasteiger partial charge >= 0.3 is 0 Å². The van der Waals surface area contributed by atoms with Gasteiger partial charge in [-0.3, -0.25) is 0 Å². The number of halogens is 1. The third-order valence-corrected chi connectivity index (χ3v) is 2.91. The summed E-state index contributed by atoms with van der Waals surface area (Å²) in [5, 5.41) is 13.0. The minimum Gasteiger partial charge on any atom is -0.396 e. The summed E-state index contributed by atoms with van der Waals surface area (Å²) >= 11 is 5.91. The summed E-state index contributed by atoms with van der Waals surface area (Å²) in [5.41, 5.74) is 2.45. The Balaban J connectivity index is 2.16. The number of rotatable bonds is 2. The van der Waals surface area contributed by atoms with Crippen LogP contribution in [-0.2, 0) is 6.42 Å². The van der Waals surface area contributed by atoms with Gasteiger partial charge in [-0.25, -0.2) is 0 Å². The molecule has 3 heteroatoms. The third kappa shape index (κ3) is 2.02. The number of hydrogen-bond donors (Lipinski definition) is 2. The lowest BCUT2D eigenvalue weighted by atomic mass is 9.96. The molecule has 76 valence electrons. The average Bonchev–Trinajstić information content (AvgIpc) is 2.17. The average molecular weight is 212 g/mol. The molecule has 2 nitrogen and oxygen atoms in total. The van der Waals surface area contributed by atoms with E-state index in [1.807, 2.05) is 12.1 Å². The summed E-state index contributed by atoms with van der Waals surface area (Å²) in [7, 11) is 0. The Morgan fingerprint density at radius 1 is 1.50 bits per heavy atom. The van der Waals surface area contributed by atoms with Gasteiger partial charge in [0.25, 0.3) is 0 Å². The first-order valence-corrected chi connectivity index (χ1v) is 5.33. The highest BCUT2D eigenvalue weighted by Crippen LogP contribution is 2.28. The molecule has 1 aliphatic rings. The van der Waals surface area contributed by atoms with Crippen molar-refractivity contribution >= 4 is 17.3 Å². The smallest absolute Gasteiger partial charge is 0.0450 e. The normalized spacial score (nSPS) is 20.0. The topological polar surface area (TPSA) is 32.3 Å². The van der Waals surface area contributed by atoms with Gasteiger partial charge in [0.2, 0.25) is 0 Å². The van der Waals surface area contributed by atoms with Crippen LogP contribution in [0, 0.1) is 0 Å². The lowest BCUT2D eigenvalue weighted by Crippen LogP contribution is -2.26. The van der Waals surface area contributed by atoms with Gasteiger partial charge in [0, 0.05) is 23.4 Å².